The molecule has 2 aromatic rings. The average Bonchev–Trinajstić information content (AvgIpc) is 2.96. The van der Waals surface area contributed by atoms with Crippen molar-refractivity contribution in [1.29, 1.82) is 0 Å². The Hall–Kier alpha value is -2.45. The number of esters is 2. The third-order valence-corrected chi connectivity index (χ3v) is 4.73. The third-order valence-electron chi connectivity index (χ3n) is 3.46. The highest BCUT2D eigenvalue weighted by molar-refractivity contribution is 7.80. The second kappa shape index (κ2) is 9.30. The molecule has 2 N–H and O–H groups in total. The van der Waals surface area contributed by atoms with E-state index in [-0.39, 0.29) is 11.7 Å². The van der Waals surface area contributed by atoms with Crippen LogP contribution in [0.1, 0.15) is 22.2 Å². The SMILES string of the molecule is CCOC(=O)CNC(=S)Nc1sc(C)c(-c2ccccc2)c1C(=O)OC. The van der Waals surface area contributed by atoms with Gasteiger partial charge in [-0.1, -0.05) is 30.3 Å². The topological polar surface area (TPSA) is 76.7 Å². The summed E-state index contributed by atoms with van der Waals surface area (Å²) in [5, 5.41) is 6.54. The molecule has 0 saturated carbocycles. The Bertz CT molecular complexity index is 803. The van der Waals surface area contributed by atoms with Crippen molar-refractivity contribution >= 4 is 45.6 Å². The van der Waals surface area contributed by atoms with Gasteiger partial charge < -0.3 is 20.1 Å². The normalized spacial score (nSPS) is 10.1. The van der Waals surface area contributed by atoms with Crippen LogP contribution in [-0.2, 0) is 14.3 Å². The van der Waals surface area contributed by atoms with Gasteiger partial charge in [-0.05, 0) is 31.6 Å². The van der Waals surface area contributed by atoms with E-state index in [1.807, 2.05) is 37.3 Å². The van der Waals surface area contributed by atoms with Crippen LogP contribution in [0.2, 0.25) is 0 Å². The fraction of sp³-hybridized carbons (Fsp3) is 0.278. The largest absolute Gasteiger partial charge is 0.465 e. The molecule has 8 heteroatoms. The summed E-state index contributed by atoms with van der Waals surface area (Å²) in [4.78, 5) is 24.8. The zero-order valence-corrected chi connectivity index (χ0v) is 16.4. The summed E-state index contributed by atoms with van der Waals surface area (Å²) < 4.78 is 9.80. The van der Waals surface area contributed by atoms with Gasteiger partial charge in [-0.25, -0.2) is 4.79 Å². The summed E-state index contributed by atoms with van der Waals surface area (Å²) in [7, 11) is 1.34. The fourth-order valence-electron chi connectivity index (χ4n) is 2.39. The molecule has 1 aromatic heterocycles. The molecule has 0 radical (unpaired) electrons. The molecule has 0 atom stereocenters. The quantitative estimate of drug-likeness (QED) is 0.577. The number of thiocarbonyl (C=S) groups is 1. The highest BCUT2D eigenvalue weighted by atomic mass is 32.1. The number of carbonyl (C=O) groups excluding carboxylic acids is 2. The molecule has 0 spiro atoms. The molecule has 1 aromatic carbocycles. The minimum Gasteiger partial charge on any atom is -0.465 e. The van der Waals surface area contributed by atoms with Crippen LogP contribution in [-0.4, -0.2) is 37.3 Å². The lowest BCUT2D eigenvalue weighted by atomic mass is 10.0. The molecule has 2 rings (SSSR count). The summed E-state index contributed by atoms with van der Waals surface area (Å²) in [6.07, 6.45) is 0. The number of benzene rings is 1. The Balaban J connectivity index is 2.27. The predicted octanol–water partition coefficient (Wildman–Crippen LogP) is 3.36. The molecule has 0 aliphatic heterocycles. The Morgan fingerprint density at radius 1 is 1.23 bits per heavy atom. The van der Waals surface area contributed by atoms with Gasteiger partial charge in [0.2, 0.25) is 0 Å². The van der Waals surface area contributed by atoms with Crippen LogP contribution in [0.15, 0.2) is 30.3 Å². The van der Waals surface area contributed by atoms with E-state index in [0.717, 1.165) is 16.0 Å². The van der Waals surface area contributed by atoms with Crippen LogP contribution in [0.4, 0.5) is 5.00 Å². The molecule has 0 saturated heterocycles. The number of hydrogen-bond donors (Lipinski definition) is 2. The number of carbonyl (C=O) groups is 2. The lowest BCUT2D eigenvalue weighted by Crippen LogP contribution is -2.34. The summed E-state index contributed by atoms with van der Waals surface area (Å²) >= 11 is 6.61. The van der Waals surface area contributed by atoms with Gasteiger partial charge in [0.15, 0.2) is 5.11 Å². The number of aryl methyl sites for hydroxylation is 1. The monoisotopic (exact) mass is 392 g/mol. The number of anilines is 1. The Morgan fingerprint density at radius 3 is 2.54 bits per heavy atom. The van der Waals surface area contributed by atoms with E-state index in [9.17, 15) is 9.59 Å². The highest BCUT2D eigenvalue weighted by Crippen LogP contribution is 2.40. The van der Waals surface area contributed by atoms with E-state index >= 15 is 0 Å². The van der Waals surface area contributed by atoms with E-state index in [2.05, 4.69) is 10.6 Å². The second-order valence-corrected chi connectivity index (χ2v) is 6.84. The van der Waals surface area contributed by atoms with Crippen LogP contribution in [0.5, 0.6) is 0 Å². The van der Waals surface area contributed by atoms with Gasteiger partial charge >= 0.3 is 11.9 Å². The Labute approximate surface area is 161 Å². The van der Waals surface area contributed by atoms with Gasteiger partial charge in [-0.3, -0.25) is 4.79 Å². The van der Waals surface area contributed by atoms with E-state index < -0.39 is 11.9 Å². The maximum atomic E-state index is 12.4. The van der Waals surface area contributed by atoms with Gasteiger partial charge in [-0.15, -0.1) is 11.3 Å². The van der Waals surface area contributed by atoms with Crippen molar-refractivity contribution in [3.05, 3.63) is 40.8 Å². The van der Waals surface area contributed by atoms with Crippen molar-refractivity contribution in [2.45, 2.75) is 13.8 Å². The average molecular weight is 393 g/mol. The van der Waals surface area contributed by atoms with Gasteiger partial charge in [0.25, 0.3) is 0 Å². The van der Waals surface area contributed by atoms with Gasteiger partial charge in [-0.2, -0.15) is 0 Å². The molecule has 0 aliphatic carbocycles. The first kappa shape index (κ1) is 19.9. The number of hydrogen-bond acceptors (Lipinski definition) is 6. The first-order valence-electron chi connectivity index (χ1n) is 7.95. The summed E-state index contributed by atoms with van der Waals surface area (Å²) in [6, 6.07) is 9.60. The summed E-state index contributed by atoms with van der Waals surface area (Å²) in [6.45, 7) is 3.91. The molecule has 6 nitrogen and oxygen atoms in total. The van der Waals surface area contributed by atoms with Crippen molar-refractivity contribution in [2.75, 3.05) is 25.6 Å². The predicted molar refractivity (Wildman–Crippen MR) is 107 cm³/mol. The van der Waals surface area contributed by atoms with Gasteiger partial charge in [0.1, 0.15) is 17.1 Å². The molecule has 0 bridgehead atoms. The van der Waals surface area contributed by atoms with Crippen LogP contribution in [0, 0.1) is 6.92 Å². The zero-order chi connectivity index (χ0) is 19.1. The lowest BCUT2D eigenvalue weighted by Gasteiger charge is -2.11. The van der Waals surface area contributed by atoms with E-state index in [4.69, 9.17) is 21.7 Å². The first-order chi connectivity index (χ1) is 12.5. The molecule has 0 unspecified atom stereocenters. The third kappa shape index (κ3) is 4.80. The summed E-state index contributed by atoms with van der Waals surface area (Å²) in [5.74, 6) is -0.860. The molecular weight excluding hydrogens is 372 g/mol. The Kier molecular flexibility index (Phi) is 7.11. The highest BCUT2D eigenvalue weighted by Gasteiger charge is 2.24. The number of methoxy groups -OCH3 is 1. The second-order valence-electron chi connectivity index (χ2n) is 5.21. The number of ether oxygens (including phenoxy) is 2. The molecular formula is C18H20N2O4S2. The maximum absolute atomic E-state index is 12.4. The van der Waals surface area contributed by atoms with Crippen LogP contribution in [0.25, 0.3) is 11.1 Å². The van der Waals surface area contributed by atoms with Crippen LogP contribution >= 0.6 is 23.6 Å². The fourth-order valence-corrected chi connectivity index (χ4v) is 3.70. The minimum atomic E-state index is -0.455. The summed E-state index contributed by atoms with van der Waals surface area (Å²) in [5.41, 5.74) is 2.14. The van der Waals surface area contributed by atoms with E-state index in [1.54, 1.807) is 6.92 Å². The van der Waals surface area contributed by atoms with Crippen molar-refractivity contribution < 1.29 is 19.1 Å². The Morgan fingerprint density at radius 2 is 1.92 bits per heavy atom. The van der Waals surface area contributed by atoms with Crippen molar-refractivity contribution in [3.8, 4) is 11.1 Å². The molecule has 1 heterocycles. The van der Waals surface area contributed by atoms with Crippen molar-refractivity contribution in [1.82, 2.24) is 5.32 Å². The lowest BCUT2D eigenvalue weighted by molar-refractivity contribution is -0.141. The van der Waals surface area contributed by atoms with Crippen LogP contribution < -0.4 is 10.6 Å². The van der Waals surface area contributed by atoms with Gasteiger partial charge in [0, 0.05) is 10.4 Å². The van der Waals surface area contributed by atoms with E-state index in [1.165, 1.54) is 18.4 Å². The van der Waals surface area contributed by atoms with Crippen molar-refractivity contribution in [2.24, 2.45) is 0 Å². The molecule has 0 amide bonds. The molecule has 0 aliphatic rings. The number of thiophene rings is 1. The molecule has 26 heavy (non-hydrogen) atoms. The number of nitrogens with one attached hydrogen (secondary N) is 2. The van der Waals surface area contributed by atoms with Gasteiger partial charge in [0.05, 0.1) is 13.7 Å². The smallest absolute Gasteiger partial charge is 0.341 e. The first-order valence-corrected chi connectivity index (χ1v) is 9.18. The van der Waals surface area contributed by atoms with Crippen LogP contribution in [0.3, 0.4) is 0 Å². The molecule has 0 fully saturated rings. The van der Waals surface area contributed by atoms with E-state index in [0.29, 0.717) is 17.2 Å². The van der Waals surface area contributed by atoms with Crippen molar-refractivity contribution in [3.63, 3.8) is 0 Å². The maximum Gasteiger partial charge on any atom is 0.341 e. The standard InChI is InChI=1S/C18H20N2O4S2/c1-4-24-13(21)10-19-18(25)20-16-15(17(22)23-3)14(11(2)26-16)12-8-6-5-7-9-12/h5-9H,4,10H2,1-3H3,(H2,19,20,25). The number of rotatable bonds is 6. The zero-order valence-electron chi connectivity index (χ0n) is 14.8. The minimum absolute atomic E-state index is 0.0524. The molecule has 138 valence electrons.